The minimum Gasteiger partial charge on any atom is -0.393 e. The van der Waals surface area contributed by atoms with Crippen molar-refractivity contribution in [2.75, 3.05) is 18.4 Å². The van der Waals surface area contributed by atoms with Crippen molar-refractivity contribution < 1.29 is 9.90 Å². The summed E-state index contributed by atoms with van der Waals surface area (Å²) in [4.78, 5) is 16.5. The van der Waals surface area contributed by atoms with Gasteiger partial charge in [0, 0.05) is 36.3 Å². The van der Waals surface area contributed by atoms with Gasteiger partial charge in [-0.05, 0) is 63.3 Å². The summed E-state index contributed by atoms with van der Waals surface area (Å²) in [5.74, 6) is 0.758. The Kier molecular flexibility index (Phi) is 11.7. The molecule has 4 N–H and O–H groups in total. The van der Waals surface area contributed by atoms with Crippen LogP contribution in [-0.2, 0) is 4.79 Å². The lowest BCUT2D eigenvalue weighted by molar-refractivity contribution is -0.116. The Labute approximate surface area is 183 Å². The number of benzene rings is 1. The van der Waals surface area contributed by atoms with Gasteiger partial charge in [0.05, 0.1) is 6.10 Å². The summed E-state index contributed by atoms with van der Waals surface area (Å²) < 4.78 is 0. The van der Waals surface area contributed by atoms with E-state index in [2.05, 4.69) is 20.9 Å². The molecule has 0 spiro atoms. The lowest BCUT2D eigenvalue weighted by Gasteiger charge is -2.27. The van der Waals surface area contributed by atoms with E-state index in [9.17, 15) is 9.90 Å². The molecule has 2 rings (SSSR count). The number of guanidine groups is 1. The highest BCUT2D eigenvalue weighted by Crippen LogP contribution is 2.18. The Balaban J connectivity index is 0.00000364. The van der Waals surface area contributed by atoms with Crippen molar-refractivity contribution in [1.82, 2.24) is 10.6 Å². The molecule has 0 heterocycles. The molecule has 1 aromatic rings. The lowest BCUT2D eigenvalue weighted by atomic mass is 9.93. The number of anilines is 1. The number of rotatable bonds is 7. The van der Waals surface area contributed by atoms with Crippen molar-refractivity contribution in [3.05, 3.63) is 29.3 Å². The summed E-state index contributed by atoms with van der Waals surface area (Å²) in [6.07, 6.45) is 4.51. The van der Waals surface area contributed by atoms with Gasteiger partial charge in [-0.2, -0.15) is 0 Å². The number of hydrogen-bond acceptors (Lipinski definition) is 3. The molecule has 152 valence electrons. The predicted molar refractivity (Wildman–Crippen MR) is 122 cm³/mol. The van der Waals surface area contributed by atoms with E-state index >= 15 is 0 Å². The number of carbonyl (C=O) groups excluding carboxylic acids is 1. The third-order valence-electron chi connectivity index (χ3n) is 4.34. The molecule has 27 heavy (non-hydrogen) atoms. The summed E-state index contributed by atoms with van der Waals surface area (Å²) in [6, 6.07) is 7.42. The van der Waals surface area contributed by atoms with Crippen molar-refractivity contribution in [1.29, 1.82) is 0 Å². The molecule has 0 saturated heterocycles. The first-order valence-corrected chi connectivity index (χ1v) is 9.73. The highest BCUT2D eigenvalue weighted by Gasteiger charge is 2.19. The van der Waals surface area contributed by atoms with Gasteiger partial charge < -0.3 is 21.1 Å². The van der Waals surface area contributed by atoms with E-state index in [0.717, 1.165) is 43.9 Å². The first-order valence-electron chi connectivity index (χ1n) is 9.35. The Morgan fingerprint density at radius 3 is 2.52 bits per heavy atom. The van der Waals surface area contributed by atoms with Crippen LogP contribution in [0.15, 0.2) is 29.3 Å². The van der Waals surface area contributed by atoms with Gasteiger partial charge in [-0.25, -0.2) is 0 Å². The average molecular weight is 509 g/mol. The molecule has 0 aliphatic heterocycles. The molecule has 0 bridgehead atoms. The minimum atomic E-state index is -0.160. The number of aliphatic hydroxyl groups excluding tert-OH is 1. The number of aliphatic hydroxyl groups is 1. The standard InChI is InChI=1S/C19H29ClN4O2.HI/c1-2-21-19(24-16-9-11-17(25)12-10-16)22-13-3-4-18(26)23-15-7-5-14(20)6-8-15;/h5-8,16-17,25H,2-4,9-13H2,1H3,(H,23,26)(H2,21,22,24);1H. The molecule has 1 aliphatic rings. The zero-order valence-electron chi connectivity index (χ0n) is 15.7. The monoisotopic (exact) mass is 508 g/mol. The van der Waals surface area contributed by atoms with Crippen LogP contribution in [0.1, 0.15) is 45.4 Å². The highest BCUT2D eigenvalue weighted by atomic mass is 127. The maximum absolute atomic E-state index is 12.0. The van der Waals surface area contributed by atoms with Crippen molar-refractivity contribution >= 4 is 53.1 Å². The lowest BCUT2D eigenvalue weighted by Crippen LogP contribution is -2.45. The second-order valence-corrected chi connectivity index (χ2v) is 7.01. The van der Waals surface area contributed by atoms with E-state index in [4.69, 9.17) is 11.6 Å². The van der Waals surface area contributed by atoms with Crippen LogP contribution in [-0.4, -0.2) is 42.2 Å². The van der Waals surface area contributed by atoms with Crippen LogP contribution in [0.5, 0.6) is 0 Å². The van der Waals surface area contributed by atoms with Crippen molar-refractivity contribution in [3.63, 3.8) is 0 Å². The van der Waals surface area contributed by atoms with Crippen molar-refractivity contribution in [2.24, 2.45) is 4.99 Å². The van der Waals surface area contributed by atoms with E-state index in [1.54, 1.807) is 24.3 Å². The first kappa shape index (κ1) is 24.0. The molecule has 6 nitrogen and oxygen atoms in total. The molecule has 1 aromatic carbocycles. The first-order chi connectivity index (χ1) is 12.6. The highest BCUT2D eigenvalue weighted by molar-refractivity contribution is 14.0. The second kappa shape index (κ2) is 13.2. The van der Waals surface area contributed by atoms with Crippen LogP contribution in [0.2, 0.25) is 5.02 Å². The zero-order chi connectivity index (χ0) is 18.8. The minimum absolute atomic E-state index is 0. The van der Waals surface area contributed by atoms with Crippen LogP contribution in [0, 0.1) is 0 Å². The van der Waals surface area contributed by atoms with E-state index in [1.807, 2.05) is 6.92 Å². The van der Waals surface area contributed by atoms with Crippen LogP contribution in [0.3, 0.4) is 0 Å². The molecule has 1 fully saturated rings. The van der Waals surface area contributed by atoms with Crippen LogP contribution < -0.4 is 16.0 Å². The van der Waals surface area contributed by atoms with Gasteiger partial charge in [0.25, 0.3) is 0 Å². The topological polar surface area (TPSA) is 85.8 Å². The fourth-order valence-electron chi connectivity index (χ4n) is 2.92. The summed E-state index contributed by atoms with van der Waals surface area (Å²) in [7, 11) is 0. The Bertz CT molecular complexity index is 590. The van der Waals surface area contributed by atoms with Gasteiger partial charge in [0.2, 0.25) is 5.91 Å². The fourth-order valence-corrected chi connectivity index (χ4v) is 3.05. The van der Waals surface area contributed by atoms with Gasteiger partial charge in [0.1, 0.15) is 0 Å². The maximum Gasteiger partial charge on any atom is 0.224 e. The van der Waals surface area contributed by atoms with E-state index < -0.39 is 0 Å². The number of hydrogen-bond donors (Lipinski definition) is 4. The summed E-state index contributed by atoms with van der Waals surface area (Å²) in [5, 5.41) is 19.8. The molecule has 0 unspecified atom stereocenters. The molecule has 8 heteroatoms. The van der Waals surface area contributed by atoms with Crippen LogP contribution in [0.4, 0.5) is 5.69 Å². The molecule has 0 radical (unpaired) electrons. The maximum atomic E-state index is 12.0. The number of nitrogens with one attached hydrogen (secondary N) is 3. The predicted octanol–water partition coefficient (Wildman–Crippen LogP) is 3.54. The normalized spacial score (nSPS) is 19.7. The quantitative estimate of drug-likeness (QED) is 0.196. The van der Waals surface area contributed by atoms with Crippen LogP contribution >= 0.6 is 35.6 Å². The van der Waals surface area contributed by atoms with E-state index in [-0.39, 0.29) is 36.0 Å². The largest absolute Gasteiger partial charge is 0.393 e. The average Bonchev–Trinajstić information content (AvgIpc) is 2.63. The number of amides is 1. The number of aliphatic imine (C=N–C) groups is 1. The van der Waals surface area contributed by atoms with Gasteiger partial charge in [0.15, 0.2) is 5.96 Å². The fraction of sp³-hybridized carbons (Fsp3) is 0.579. The molecule has 0 atom stereocenters. The molecule has 1 amide bonds. The number of halogens is 2. The zero-order valence-corrected chi connectivity index (χ0v) is 18.8. The number of carbonyl (C=O) groups is 1. The van der Waals surface area contributed by atoms with Crippen molar-refractivity contribution in [2.45, 2.75) is 57.6 Å². The van der Waals surface area contributed by atoms with Gasteiger partial charge >= 0.3 is 0 Å². The summed E-state index contributed by atoms with van der Waals surface area (Å²) in [6.45, 7) is 3.40. The molecule has 1 aliphatic carbocycles. The Morgan fingerprint density at radius 1 is 1.22 bits per heavy atom. The summed E-state index contributed by atoms with van der Waals surface area (Å²) in [5.41, 5.74) is 0.748. The van der Waals surface area contributed by atoms with E-state index in [0.29, 0.717) is 30.5 Å². The second-order valence-electron chi connectivity index (χ2n) is 6.57. The smallest absolute Gasteiger partial charge is 0.224 e. The summed E-state index contributed by atoms with van der Waals surface area (Å²) >= 11 is 5.83. The Morgan fingerprint density at radius 2 is 1.89 bits per heavy atom. The molecular formula is C19H30ClIN4O2. The van der Waals surface area contributed by atoms with Crippen molar-refractivity contribution in [3.8, 4) is 0 Å². The number of nitrogens with zero attached hydrogens (tertiary/aromatic N) is 1. The third-order valence-corrected chi connectivity index (χ3v) is 4.59. The van der Waals surface area contributed by atoms with Gasteiger partial charge in [-0.1, -0.05) is 11.6 Å². The Hall–Kier alpha value is -1.06. The van der Waals surface area contributed by atoms with Gasteiger partial charge in [-0.3, -0.25) is 9.79 Å². The van der Waals surface area contributed by atoms with Gasteiger partial charge in [-0.15, -0.1) is 24.0 Å². The van der Waals surface area contributed by atoms with Crippen LogP contribution in [0.25, 0.3) is 0 Å². The third kappa shape index (κ3) is 9.62. The SMILES string of the molecule is CCNC(=NCCCC(=O)Nc1ccc(Cl)cc1)NC1CCC(O)CC1.I. The van der Waals surface area contributed by atoms with E-state index in [1.165, 1.54) is 0 Å². The molecule has 0 aromatic heterocycles. The molecule has 1 saturated carbocycles. The molecular weight excluding hydrogens is 479 g/mol.